The molecule has 1 N–H and O–H groups in total. The van der Waals surface area contributed by atoms with Gasteiger partial charge in [-0.3, -0.25) is 4.79 Å². The molecule has 0 rings (SSSR count). The molecule has 4 heteroatoms. The Hall–Kier alpha value is -0.640. The average Bonchev–Trinajstić information content (AvgIpc) is 2.00. The van der Waals surface area contributed by atoms with Gasteiger partial charge in [0.05, 0.1) is 12.7 Å². The van der Waals surface area contributed by atoms with Gasteiger partial charge in [0.15, 0.2) is 0 Å². The molecular formula is C8H15FO3. The number of halogens is 1. The Morgan fingerprint density at radius 1 is 1.67 bits per heavy atom. The lowest BCUT2D eigenvalue weighted by Gasteiger charge is -2.10. The van der Waals surface area contributed by atoms with Crippen LogP contribution in [-0.2, 0) is 9.53 Å². The molecule has 0 fully saturated rings. The highest BCUT2D eigenvalue weighted by Crippen LogP contribution is 2.03. The Morgan fingerprint density at radius 3 is 2.83 bits per heavy atom. The monoisotopic (exact) mass is 178 g/mol. The van der Waals surface area contributed by atoms with Crippen LogP contribution in [0, 0.1) is 0 Å². The second kappa shape index (κ2) is 7.03. The summed E-state index contributed by atoms with van der Waals surface area (Å²) in [7, 11) is 0. The van der Waals surface area contributed by atoms with Crippen LogP contribution in [0.3, 0.4) is 0 Å². The summed E-state index contributed by atoms with van der Waals surface area (Å²) in [4.78, 5) is 10.1. The topological polar surface area (TPSA) is 46.5 Å². The number of ether oxygens (including phenoxy) is 1. The Morgan fingerprint density at radius 2 is 2.33 bits per heavy atom. The highest BCUT2D eigenvalue weighted by atomic mass is 19.1. The van der Waals surface area contributed by atoms with Crippen molar-refractivity contribution in [2.45, 2.75) is 32.3 Å². The van der Waals surface area contributed by atoms with E-state index in [1.807, 2.05) is 6.92 Å². The van der Waals surface area contributed by atoms with Crippen LogP contribution in [0.4, 0.5) is 4.39 Å². The van der Waals surface area contributed by atoms with Gasteiger partial charge in [-0.1, -0.05) is 0 Å². The number of rotatable bonds is 7. The van der Waals surface area contributed by atoms with Crippen LogP contribution in [-0.4, -0.2) is 30.5 Å². The first-order valence-electron chi connectivity index (χ1n) is 4.06. The van der Waals surface area contributed by atoms with E-state index in [0.717, 1.165) is 0 Å². The fourth-order valence-electron chi connectivity index (χ4n) is 0.870. The smallest absolute Gasteiger partial charge is 0.303 e. The lowest BCUT2D eigenvalue weighted by molar-refractivity contribution is -0.137. The van der Waals surface area contributed by atoms with Crippen molar-refractivity contribution in [2.75, 3.05) is 13.3 Å². The van der Waals surface area contributed by atoms with Crippen LogP contribution in [0.1, 0.15) is 26.2 Å². The maximum Gasteiger partial charge on any atom is 0.303 e. The van der Waals surface area contributed by atoms with E-state index < -0.39 is 12.6 Å². The van der Waals surface area contributed by atoms with Crippen LogP contribution in [0.5, 0.6) is 0 Å². The SMILES string of the molecule is CC(CCCC(=O)O)OCCF. The van der Waals surface area contributed by atoms with Gasteiger partial charge in [-0.15, -0.1) is 0 Å². The molecule has 3 nitrogen and oxygen atoms in total. The largest absolute Gasteiger partial charge is 0.481 e. The molecule has 1 unspecified atom stereocenters. The van der Waals surface area contributed by atoms with E-state index >= 15 is 0 Å². The molecule has 1 atom stereocenters. The first-order chi connectivity index (χ1) is 5.66. The molecule has 0 aromatic carbocycles. The molecule has 0 aliphatic heterocycles. The first kappa shape index (κ1) is 11.4. The number of carboxylic acid groups (broad SMARTS) is 1. The van der Waals surface area contributed by atoms with Crippen molar-refractivity contribution >= 4 is 5.97 Å². The molecule has 0 spiro atoms. The van der Waals surface area contributed by atoms with E-state index in [2.05, 4.69) is 0 Å². The van der Waals surface area contributed by atoms with Crippen LogP contribution in [0.15, 0.2) is 0 Å². The van der Waals surface area contributed by atoms with Crippen molar-refractivity contribution in [3.63, 3.8) is 0 Å². The third kappa shape index (κ3) is 7.47. The summed E-state index contributed by atoms with van der Waals surface area (Å²) in [6.07, 6.45) is 1.37. The summed E-state index contributed by atoms with van der Waals surface area (Å²) in [6.45, 7) is 1.44. The highest BCUT2D eigenvalue weighted by molar-refractivity contribution is 5.66. The Kier molecular flexibility index (Phi) is 6.66. The van der Waals surface area contributed by atoms with Crippen molar-refractivity contribution in [1.82, 2.24) is 0 Å². The molecule has 0 bridgehead atoms. The second-order valence-electron chi connectivity index (χ2n) is 2.66. The predicted octanol–water partition coefficient (Wildman–Crippen LogP) is 1.62. The molecule has 0 amide bonds. The maximum atomic E-state index is 11.6. The fraction of sp³-hybridized carbons (Fsp3) is 0.875. The van der Waals surface area contributed by atoms with Gasteiger partial charge in [0.1, 0.15) is 6.67 Å². The summed E-state index contributed by atoms with van der Waals surface area (Å²) in [6, 6.07) is 0. The van der Waals surface area contributed by atoms with Crippen molar-refractivity contribution in [3.8, 4) is 0 Å². The van der Waals surface area contributed by atoms with E-state index in [1.54, 1.807) is 0 Å². The fourth-order valence-corrected chi connectivity index (χ4v) is 0.870. The van der Waals surface area contributed by atoms with Gasteiger partial charge in [-0.05, 0) is 19.8 Å². The average molecular weight is 178 g/mol. The Labute approximate surface area is 71.5 Å². The molecule has 0 saturated carbocycles. The maximum absolute atomic E-state index is 11.6. The number of carbonyl (C=O) groups is 1. The normalized spacial score (nSPS) is 12.8. The Balaban J connectivity index is 3.19. The molecule has 0 aliphatic rings. The predicted molar refractivity (Wildman–Crippen MR) is 42.9 cm³/mol. The third-order valence-electron chi connectivity index (χ3n) is 1.48. The van der Waals surface area contributed by atoms with E-state index in [9.17, 15) is 9.18 Å². The number of aliphatic carboxylic acids is 1. The van der Waals surface area contributed by atoms with Crippen molar-refractivity contribution in [1.29, 1.82) is 0 Å². The quantitative estimate of drug-likeness (QED) is 0.644. The molecule has 72 valence electrons. The molecule has 0 radical (unpaired) electrons. The minimum atomic E-state index is -0.798. The van der Waals surface area contributed by atoms with Crippen LogP contribution < -0.4 is 0 Å². The summed E-state index contributed by atoms with van der Waals surface area (Å²) in [5, 5.41) is 8.30. The van der Waals surface area contributed by atoms with Crippen molar-refractivity contribution < 1.29 is 19.0 Å². The number of carboxylic acids is 1. The second-order valence-corrected chi connectivity index (χ2v) is 2.66. The number of hydrogen-bond donors (Lipinski definition) is 1. The first-order valence-corrected chi connectivity index (χ1v) is 4.06. The van der Waals surface area contributed by atoms with Gasteiger partial charge < -0.3 is 9.84 Å². The van der Waals surface area contributed by atoms with Gasteiger partial charge in [0.2, 0.25) is 0 Å². The van der Waals surface area contributed by atoms with Crippen LogP contribution in [0.2, 0.25) is 0 Å². The van der Waals surface area contributed by atoms with E-state index in [0.29, 0.717) is 12.8 Å². The Bertz CT molecular complexity index is 127. The van der Waals surface area contributed by atoms with Gasteiger partial charge in [0, 0.05) is 6.42 Å². The molecule has 12 heavy (non-hydrogen) atoms. The minimum absolute atomic E-state index is 0.0416. The van der Waals surface area contributed by atoms with Gasteiger partial charge in [-0.25, -0.2) is 4.39 Å². The molecule has 0 aromatic rings. The van der Waals surface area contributed by atoms with Gasteiger partial charge in [0.25, 0.3) is 0 Å². The number of alkyl halides is 1. The standard InChI is InChI=1S/C8H15FO3/c1-7(12-6-5-9)3-2-4-8(10)11/h7H,2-6H2,1H3,(H,10,11). The van der Waals surface area contributed by atoms with Gasteiger partial charge >= 0.3 is 5.97 Å². The molecule has 0 aromatic heterocycles. The molecular weight excluding hydrogens is 163 g/mol. The minimum Gasteiger partial charge on any atom is -0.481 e. The molecule has 0 aliphatic carbocycles. The summed E-state index contributed by atoms with van der Waals surface area (Å²) in [5.74, 6) is -0.798. The lowest BCUT2D eigenvalue weighted by atomic mass is 10.2. The summed E-state index contributed by atoms with van der Waals surface area (Å²) in [5.41, 5.74) is 0. The lowest BCUT2D eigenvalue weighted by Crippen LogP contribution is -2.10. The highest BCUT2D eigenvalue weighted by Gasteiger charge is 2.03. The third-order valence-corrected chi connectivity index (χ3v) is 1.48. The van der Waals surface area contributed by atoms with E-state index in [4.69, 9.17) is 9.84 Å². The van der Waals surface area contributed by atoms with Crippen molar-refractivity contribution in [2.24, 2.45) is 0 Å². The van der Waals surface area contributed by atoms with Crippen LogP contribution in [0.25, 0.3) is 0 Å². The zero-order valence-corrected chi connectivity index (χ0v) is 7.25. The zero-order valence-electron chi connectivity index (χ0n) is 7.25. The summed E-state index contributed by atoms with van der Waals surface area (Å²) < 4.78 is 16.6. The molecule has 0 heterocycles. The van der Waals surface area contributed by atoms with E-state index in [1.165, 1.54) is 0 Å². The zero-order chi connectivity index (χ0) is 9.40. The number of hydrogen-bond acceptors (Lipinski definition) is 2. The van der Waals surface area contributed by atoms with Gasteiger partial charge in [-0.2, -0.15) is 0 Å². The molecule has 0 saturated heterocycles. The van der Waals surface area contributed by atoms with Crippen molar-refractivity contribution in [3.05, 3.63) is 0 Å². The summed E-state index contributed by atoms with van der Waals surface area (Å²) >= 11 is 0. The van der Waals surface area contributed by atoms with E-state index in [-0.39, 0.29) is 19.1 Å². The van der Waals surface area contributed by atoms with Crippen LogP contribution >= 0.6 is 0 Å².